The minimum atomic E-state index is -0.907. The molecule has 88 valence electrons. The van der Waals surface area contributed by atoms with Crippen molar-refractivity contribution >= 4 is 11.5 Å². The summed E-state index contributed by atoms with van der Waals surface area (Å²) in [7, 11) is 0. The van der Waals surface area contributed by atoms with Crippen LogP contribution in [0.2, 0.25) is 0 Å². The molecule has 2 heterocycles. The van der Waals surface area contributed by atoms with Gasteiger partial charge in [0.1, 0.15) is 5.69 Å². The third kappa shape index (κ3) is 1.92. The van der Waals surface area contributed by atoms with E-state index in [-0.39, 0.29) is 17.8 Å². The number of nitro groups is 2. The van der Waals surface area contributed by atoms with Crippen LogP contribution in [0.4, 0.5) is 11.5 Å². The summed E-state index contributed by atoms with van der Waals surface area (Å²) in [6.45, 7) is 0. The summed E-state index contributed by atoms with van der Waals surface area (Å²) in [5, 5.41) is 33.5. The Bertz CT molecular complexity index is 559. The zero-order valence-electron chi connectivity index (χ0n) is 8.06. The Kier molecular flexibility index (Phi) is 2.48. The van der Waals surface area contributed by atoms with Crippen LogP contribution < -0.4 is 0 Å². The molecule has 0 spiro atoms. The third-order valence-corrected chi connectivity index (χ3v) is 1.92. The van der Waals surface area contributed by atoms with Crippen LogP contribution >= 0.6 is 0 Å². The number of aromatic amines is 1. The summed E-state index contributed by atoms with van der Waals surface area (Å²) in [5.41, 5.74) is -0.495. The maximum atomic E-state index is 10.7. The van der Waals surface area contributed by atoms with Crippen molar-refractivity contribution in [3.8, 4) is 0 Å². The number of hydrogen-bond acceptors (Lipinski definition) is 8. The molecule has 17 heavy (non-hydrogen) atoms. The van der Waals surface area contributed by atoms with Crippen LogP contribution in [0.25, 0.3) is 0 Å². The van der Waals surface area contributed by atoms with Gasteiger partial charge in [-0.3, -0.25) is 10.1 Å². The first-order valence-electron chi connectivity index (χ1n) is 4.22. The lowest BCUT2D eigenvalue weighted by molar-refractivity contribution is -0.424. The van der Waals surface area contributed by atoms with E-state index in [1.807, 2.05) is 5.10 Å². The van der Waals surface area contributed by atoms with E-state index in [1.165, 1.54) is 6.20 Å². The lowest BCUT2D eigenvalue weighted by Crippen LogP contribution is -1.98. The molecule has 0 saturated heterocycles. The number of rotatable bonds is 4. The van der Waals surface area contributed by atoms with Crippen LogP contribution in [0, 0.1) is 20.2 Å². The third-order valence-electron chi connectivity index (χ3n) is 1.92. The van der Waals surface area contributed by atoms with Gasteiger partial charge in [0, 0.05) is 6.42 Å². The van der Waals surface area contributed by atoms with E-state index in [0.717, 1.165) is 0 Å². The Morgan fingerprint density at radius 1 is 1.35 bits per heavy atom. The number of H-pyrrole nitrogens is 1. The molecule has 0 aromatic carbocycles. The highest BCUT2D eigenvalue weighted by molar-refractivity contribution is 5.51. The molecule has 11 heteroatoms. The summed E-state index contributed by atoms with van der Waals surface area (Å²) in [6, 6.07) is 0. The largest absolute Gasteiger partial charge is 0.421 e. The first kappa shape index (κ1) is 10.7. The van der Waals surface area contributed by atoms with Crippen LogP contribution in [0.5, 0.6) is 0 Å². The Morgan fingerprint density at radius 2 is 2.12 bits per heavy atom. The fourth-order valence-electron chi connectivity index (χ4n) is 1.24. The summed E-state index contributed by atoms with van der Waals surface area (Å²) >= 11 is 0. The summed E-state index contributed by atoms with van der Waals surface area (Å²) in [6.07, 6.45) is 1.16. The monoisotopic (exact) mass is 240 g/mol. The number of nitrogens with one attached hydrogen (secondary N) is 1. The highest BCUT2D eigenvalue weighted by Crippen LogP contribution is 2.28. The lowest BCUT2D eigenvalue weighted by Gasteiger charge is -1.91. The van der Waals surface area contributed by atoms with E-state index in [4.69, 9.17) is 0 Å². The number of aromatic nitrogens is 4. The molecular formula is C6H4N6O5. The smallest absolute Gasteiger partial charge is 0.358 e. The van der Waals surface area contributed by atoms with E-state index < -0.39 is 21.4 Å². The molecule has 1 N–H and O–H groups in total. The van der Waals surface area contributed by atoms with Crippen molar-refractivity contribution in [3.63, 3.8) is 0 Å². The second kappa shape index (κ2) is 3.96. The van der Waals surface area contributed by atoms with Crippen LogP contribution in [0.15, 0.2) is 10.8 Å². The highest BCUT2D eigenvalue weighted by Gasteiger charge is 2.33. The average molecular weight is 240 g/mol. The van der Waals surface area contributed by atoms with Crippen molar-refractivity contribution in [3.05, 3.63) is 37.8 Å². The van der Waals surface area contributed by atoms with Gasteiger partial charge in [0.2, 0.25) is 0 Å². The fourth-order valence-corrected chi connectivity index (χ4v) is 1.24. The van der Waals surface area contributed by atoms with Crippen LogP contribution in [-0.4, -0.2) is 30.4 Å². The Labute approximate surface area is 91.7 Å². The highest BCUT2D eigenvalue weighted by atomic mass is 16.6. The standard InChI is InChI=1S/C6H4N6O5/c13-11(14)5-4(1-3-2-7-17-10-3)8-9-6(5)12(15)16/h2H,1H2,(H,8,9). The SMILES string of the molecule is O=[N+]([O-])c1[nH]nc(Cc2cnon2)c1[N+](=O)[O-]. The predicted molar refractivity (Wildman–Crippen MR) is 49.0 cm³/mol. The minimum Gasteiger partial charge on any atom is -0.358 e. The van der Waals surface area contributed by atoms with E-state index in [0.29, 0.717) is 0 Å². The topological polar surface area (TPSA) is 154 Å². The molecule has 2 aromatic rings. The molecule has 0 saturated carbocycles. The zero-order valence-corrected chi connectivity index (χ0v) is 8.06. The van der Waals surface area contributed by atoms with E-state index in [9.17, 15) is 20.2 Å². The summed E-state index contributed by atoms with van der Waals surface area (Å²) in [4.78, 5) is 19.5. The fraction of sp³-hybridized carbons (Fsp3) is 0.167. The van der Waals surface area contributed by atoms with Crippen molar-refractivity contribution in [2.24, 2.45) is 0 Å². The van der Waals surface area contributed by atoms with Crippen molar-refractivity contribution in [2.45, 2.75) is 6.42 Å². The molecule has 2 aromatic heterocycles. The Morgan fingerprint density at radius 3 is 2.65 bits per heavy atom. The second-order valence-corrected chi connectivity index (χ2v) is 2.96. The van der Waals surface area contributed by atoms with Gasteiger partial charge in [-0.05, 0) is 4.92 Å². The Balaban J connectivity index is 2.41. The molecule has 0 fully saturated rings. The molecule has 0 unspecified atom stereocenters. The maximum absolute atomic E-state index is 10.7. The van der Waals surface area contributed by atoms with Gasteiger partial charge in [0.25, 0.3) is 0 Å². The molecular weight excluding hydrogens is 236 g/mol. The van der Waals surface area contributed by atoms with Crippen molar-refractivity contribution in [1.29, 1.82) is 0 Å². The maximum Gasteiger partial charge on any atom is 0.421 e. The summed E-state index contributed by atoms with van der Waals surface area (Å²) in [5.74, 6) is -0.763. The van der Waals surface area contributed by atoms with Gasteiger partial charge in [0.15, 0.2) is 5.69 Å². The molecule has 0 amide bonds. The molecule has 11 nitrogen and oxygen atoms in total. The quantitative estimate of drug-likeness (QED) is 0.586. The predicted octanol–water partition coefficient (Wildman–Crippen LogP) is 0.200. The first-order chi connectivity index (χ1) is 8.09. The minimum absolute atomic E-state index is 0.0792. The number of nitrogens with zero attached hydrogens (tertiary/aromatic N) is 5. The van der Waals surface area contributed by atoms with Crippen LogP contribution in [0.3, 0.4) is 0 Å². The molecule has 0 radical (unpaired) electrons. The van der Waals surface area contributed by atoms with E-state index in [1.54, 1.807) is 0 Å². The van der Waals surface area contributed by atoms with Gasteiger partial charge >= 0.3 is 11.5 Å². The van der Waals surface area contributed by atoms with E-state index in [2.05, 4.69) is 20.0 Å². The first-order valence-corrected chi connectivity index (χ1v) is 4.22. The van der Waals surface area contributed by atoms with Crippen LogP contribution in [-0.2, 0) is 6.42 Å². The van der Waals surface area contributed by atoms with E-state index >= 15 is 0 Å². The molecule has 0 aliphatic rings. The van der Waals surface area contributed by atoms with Crippen molar-refractivity contribution in [2.75, 3.05) is 0 Å². The Hall–Kier alpha value is -2.85. The van der Waals surface area contributed by atoms with Crippen molar-refractivity contribution < 1.29 is 14.5 Å². The van der Waals surface area contributed by atoms with Gasteiger partial charge in [0.05, 0.1) is 11.1 Å². The molecule has 0 aliphatic carbocycles. The number of hydrogen-bond donors (Lipinski definition) is 1. The van der Waals surface area contributed by atoms with Crippen molar-refractivity contribution in [1.82, 2.24) is 20.5 Å². The molecule has 0 aliphatic heterocycles. The molecule has 0 atom stereocenters. The normalized spacial score (nSPS) is 10.4. The molecule has 0 bridgehead atoms. The van der Waals surface area contributed by atoms with Gasteiger partial charge in [-0.2, -0.15) is 0 Å². The van der Waals surface area contributed by atoms with Gasteiger partial charge < -0.3 is 10.1 Å². The zero-order chi connectivity index (χ0) is 12.4. The summed E-state index contributed by atoms with van der Waals surface area (Å²) < 4.78 is 4.30. The van der Waals surface area contributed by atoms with Gasteiger partial charge in [-0.15, -0.1) is 5.10 Å². The van der Waals surface area contributed by atoms with Gasteiger partial charge in [-0.1, -0.05) is 15.4 Å². The second-order valence-electron chi connectivity index (χ2n) is 2.96. The average Bonchev–Trinajstić information content (AvgIpc) is 2.86. The molecule has 2 rings (SSSR count). The van der Waals surface area contributed by atoms with Crippen LogP contribution in [0.1, 0.15) is 11.4 Å². The lowest BCUT2D eigenvalue weighted by atomic mass is 10.2. The van der Waals surface area contributed by atoms with Gasteiger partial charge in [-0.25, -0.2) is 4.63 Å².